The smallest absolute Gasteiger partial charge is 0.192 e. The lowest BCUT2D eigenvalue weighted by Crippen LogP contribution is -2.24. The van der Waals surface area contributed by atoms with Crippen molar-refractivity contribution in [2.24, 2.45) is 0 Å². The first-order valence-corrected chi connectivity index (χ1v) is 7.73. The van der Waals surface area contributed by atoms with Crippen LogP contribution in [0, 0.1) is 6.92 Å². The number of rotatable bonds is 4. The van der Waals surface area contributed by atoms with E-state index in [-0.39, 0.29) is 4.90 Å². The fourth-order valence-corrected chi connectivity index (χ4v) is 3.16. The zero-order valence-corrected chi connectivity index (χ0v) is 11.7. The van der Waals surface area contributed by atoms with Crippen molar-refractivity contribution in [3.63, 3.8) is 0 Å². The van der Waals surface area contributed by atoms with E-state index in [0.717, 1.165) is 30.4 Å². The fraction of sp³-hybridized carbons (Fsp3) is 0.538. The highest BCUT2D eigenvalue weighted by molar-refractivity contribution is 7.86. The van der Waals surface area contributed by atoms with Crippen molar-refractivity contribution < 1.29 is 12.7 Å². The Morgan fingerprint density at radius 3 is 2.56 bits per heavy atom. The summed E-state index contributed by atoms with van der Waals surface area (Å²) >= 11 is 0. The van der Waals surface area contributed by atoms with Crippen LogP contribution < -0.4 is 0 Å². The lowest BCUT2D eigenvalue weighted by molar-refractivity contribution is -0.0270. The molecule has 1 fully saturated rings. The van der Waals surface area contributed by atoms with Gasteiger partial charge in [-0.25, -0.2) is 0 Å². The molecule has 0 unspecified atom stereocenters. The minimum absolute atomic E-state index is 0.247. The topological polar surface area (TPSA) is 46.6 Å². The third-order valence-corrected chi connectivity index (χ3v) is 4.50. The predicted molar refractivity (Wildman–Crippen MR) is 69.6 cm³/mol. The van der Waals surface area contributed by atoms with Crippen molar-refractivity contribution in [2.75, 3.05) is 13.1 Å². The van der Waals surface area contributed by atoms with Gasteiger partial charge in [0.1, 0.15) is 0 Å². The molecule has 4 nitrogen and oxygen atoms in total. The van der Waals surface area contributed by atoms with E-state index in [0.29, 0.717) is 13.1 Å². The van der Waals surface area contributed by atoms with Gasteiger partial charge in [-0.2, -0.15) is 17.8 Å². The molecule has 0 atom stereocenters. The summed E-state index contributed by atoms with van der Waals surface area (Å²) < 4.78 is 29.3. The van der Waals surface area contributed by atoms with Gasteiger partial charge in [0.25, 0.3) is 0 Å². The molecule has 2 rings (SSSR count). The molecule has 0 aromatic heterocycles. The summed E-state index contributed by atoms with van der Waals surface area (Å²) in [6.45, 7) is 5.37. The highest BCUT2D eigenvalue weighted by Gasteiger charge is 2.23. The SMILES string of the molecule is CCc1cc(S(=O)(=O)ON2CCCC2)ccc1C. The second-order valence-electron chi connectivity index (χ2n) is 4.61. The van der Waals surface area contributed by atoms with Crippen LogP contribution in [0.3, 0.4) is 0 Å². The largest absolute Gasteiger partial charge is 0.313 e. The van der Waals surface area contributed by atoms with Gasteiger partial charge in [-0.15, -0.1) is 0 Å². The number of aryl methyl sites for hydroxylation is 2. The van der Waals surface area contributed by atoms with Crippen LogP contribution in [0.15, 0.2) is 23.1 Å². The molecule has 0 N–H and O–H groups in total. The van der Waals surface area contributed by atoms with Crippen LogP contribution in [0.25, 0.3) is 0 Å². The molecule has 0 amide bonds. The van der Waals surface area contributed by atoms with Crippen molar-refractivity contribution in [3.8, 4) is 0 Å². The molecule has 0 spiro atoms. The highest BCUT2D eigenvalue weighted by Crippen LogP contribution is 2.20. The number of hydrogen-bond donors (Lipinski definition) is 0. The fourth-order valence-electron chi connectivity index (χ4n) is 2.13. The minimum Gasteiger partial charge on any atom is -0.192 e. The maximum absolute atomic E-state index is 12.1. The van der Waals surface area contributed by atoms with Crippen molar-refractivity contribution >= 4 is 10.1 Å². The van der Waals surface area contributed by atoms with E-state index in [9.17, 15) is 8.42 Å². The Morgan fingerprint density at radius 2 is 1.94 bits per heavy atom. The standard InChI is InChI=1S/C13H19NO3S/c1-3-12-10-13(7-6-11(12)2)18(15,16)17-14-8-4-5-9-14/h6-7,10H,3-5,8-9H2,1-2H3. The Labute approximate surface area is 109 Å². The van der Waals surface area contributed by atoms with Gasteiger partial charge in [-0.1, -0.05) is 13.0 Å². The number of hydroxylamine groups is 2. The molecule has 1 aromatic rings. The average Bonchev–Trinajstić information content (AvgIpc) is 2.81. The molecule has 0 aliphatic carbocycles. The van der Waals surface area contributed by atoms with Crippen LogP contribution in [0.4, 0.5) is 0 Å². The van der Waals surface area contributed by atoms with Gasteiger partial charge in [0.15, 0.2) is 0 Å². The summed E-state index contributed by atoms with van der Waals surface area (Å²) in [5.74, 6) is 0. The quantitative estimate of drug-likeness (QED) is 0.841. The van der Waals surface area contributed by atoms with E-state index in [1.54, 1.807) is 12.1 Å². The van der Waals surface area contributed by atoms with Gasteiger partial charge in [-0.05, 0) is 49.4 Å². The second-order valence-corrected chi connectivity index (χ2v) is 6.14. The van der Waals surface area contributed by atoms with Gasteiger partial charge in [-0.3, -0.25) is 0 Å². The van der Waals surface area contributed by atoms with Crippen molar-refractivity contribution in [1.29, 1.82) is 0 Å². The van der Waals surface area contributed by atoms with E-state index < -0.39 is 10.1 Å². The van der Waals surface area contributed by atoms with Crippen molar-refractivity contribution in [2.45, 2.75) is 38.0 Å². The van der Waals surface area contributed by atoms with Gasteiger partial charge >= 0.3 is 10.1 Å². The summed E-state index contributed by atoms with van der Waals surface area (Å²) in [6, 6.07) is 5.15. The van der Waals surface area contributed by atoms with Crippen molar-refractivity contribution in [3.05, 3.63) is 29.3 Å². The predicted octanol–water partition coefficient (Wildman–Crippen LogP) is 2.27. The van der Waals surface area contributed by atoms with Gasteiger partial charge < -0.3 is 0 Å². The van der Waals surface area contributed by atoms with E-state index in [2.05, 4.69) is 0 Å². The molecule has 1 aromatic carbocycles. The molecule has 100 valence electrons. The summed E-state index contributed by atoms with van der Waals surface area (Å²) in [7, 11) is -3.67. The first-order valence-electron chi connectivity index (χ1n) is 6.32. The van der Waals surface area contributed by atoms with E-state index in [4.69, 9.17) is 4.28 Å². The van der Waals surface area contributed by atoms with Crippen LogP contribution in [-0.4, -0.2) is 26.6 Å². The average molecular weight is 269 g/mol. The Morgan fingerprint density at radius 1 is 1.28 bits per heavy atom. The molecule has 1 aliphatic rings. The maximum Gasteiger partial charge on any atom is 0.313 e. The minimum atomic E-state index is -3.67. The first kappa shape index (κ1) is 13.5. The lowest BCUT2D eigenvalue weighted by atomic mass is 10.1. The molecule has 0 saturated carbocycles. The second kappa shape index (κ2) is 5.38. The van der Waals surface area contributed by atoms with Crippen LogP contribution in [0.5, 0.6) is 0 Å². The number of benzene rings is 1. The molecule has 5 heteroatoms. The van der Waals surface area contributed by atoms with Gasteiger partial charge in [0, 0.05) is 13.1 Å². The summed E-state index contributed by atoms with van der Waals surface area (Å²) in [4.78, 5) is 0.247. The Bertz CT molecular complexity index is 519. The highest BCUT2D eigenvalue weighted by atomic mass is 32.2. The zero-order valence-electron chi connectivity index (χ0n) is 10.8. The molecule has 18 heavy (non-hydrogen) atoms. The molecule has 1 heterocycles. The van der Waals surface area contributed by atoms with E-state index in [1.165, 1.54) is 5.06 Å². The maximum atomic E-state index is 12.1. The van der Waals surface area contributed by atoms with E-state index in [1.807, 2.05) is 19.9 Å². The number of nitrogens with zero attached hydrogens (tertiary/aromatic N) is 1. The van der Waals surface area contributed by atoms with Crippen LogP contribution in [0.1, 0.15) is 30.9 Å². The molecular formula is C13H19NO3S. The van der Waals surface area contributed by atoms with Crippen LogP contribution >= 0.6 is 0 Å². The molecule has 1 aliphatic heterocycles. The molecular weight excluding hydrogens is 250 g/mol. The summed E-state index contributed by atoms with van der Waals surface area (Å²) in [6.07, 6.45) is 2.80. The Balaban J connectivity index is 2.23. The number of hydrogen-bond acceptors (Lipinski definition) is 4. The van der Waals surface area contributed by atoms with Crippen LogP contribution in [0.2, 0.25) is 0 Å². The Kier molecular flexibility index (Phi) is 4.04. The summed E-state index contributed by atoms with van der Waals surface area (Å²) in [5.41, 5.74) is 2.15. The first-order chi connectivity index (χ1) is 8.53. The Hall–Kier alpha value is -0.910. The zero-order chi connectivity index (χ0) is 13.2. The third-order valence-electron chi connectivity index (χ3n) is 3.26. The van der Waals surface area contributed by atoms with Crippen molar-refractivity contribution in [1.82, 2.24) is 5.06 Å². The lowest BCUT2D eigenvalue weighted by Gasteiger charge is -2.15. The molecule has 0 bridgehead atoms. The molecule has 1 saturated heterocycles. The monoisotopic (exact) mass is 269 g/mol. The van der Waals surface area contributed by atoms with E-state index >= 15 is 0 Å². The molecule has 0 radical (unpaired) electrons. The normalized spacial score (nSPS) is 17.2. The van der Waals surface area contributed by atoms with Gasteiger partial charge in [0.2, 0.25) is 0 Å². The summed E-state index contributed by atoms with van der Waals surface area (Å²) in [5, 5.41) is 1.53. The van der Waals surface area contributed by atoms with Gasteiger partial charge in [0.05, 0.1) is 4.90 Å². The third kappa shape index (κ3) is 2.91. The van der Waals surface area contributed by atoms with Crippen LogP contribution in [-0.2, 0) is 20.8 Å².